The molecule has 1 N–H and O–H groups in total. The lowest BCUT2D eigenvalue weighted by Crippen LogP contribution is -2.26. The van der Waals surface area contributed by atoms with Crippen LogP contribution in [0.5, 0.6) is 0 Å². The Morgan fingerprint density at radius 1 is 1.44 bits per heavy atom. The van der Waals surface area contributed by atoms with Crippen molar-refractivity contribution in [1.29, 1.82) is 0 Å². The van der Waals surface area contributed by atoms with Gasteiger partial charge < -0.3 is 5.11 Å². The molecule has 0 heterocycles. The summed E-state index contributed by atoms with van der Waals surface area (Å²) in [5.74, 6) is -2.47. The number of carboxylic acid groups (broad SMARTS) is 1. The SMILES string of the molecule is Cc1cc(C(=O)CS(=O)C(C)C(=O)O)ccc1F. The van der Waals surface area contributed by atoms with Gasteiger partial charge in [0.05, 0.1) is 5.75 Å². The van der Waals surface area contributed by atoms with Crippen molar-refractivity contribution >= 4 is 22.6 Å². The van der Waals surface area contributed by atoms with Gasteiger partial charge in [0.15, 0.2) is 5.78 Å². The number of ketones is 1. The van der Waals surface area contributed by atoms with Crippen molar-refractivity contribution < 1.29 is 23.3 Å². The van der Waals surface area contributed by atoms with Gasteiger partial charge in [-0.05, 0) is 37.6 Å². The Bertz CT molecular complexity index is 513. The van der Waals surface area contributed by atoms with Crippen LogP contribution in [0.1, 0.15) is 22.8 Å². The highest BCUT2D eigenvalue weighted by Gasteiger charge is 2.22. The number of carbonyl (C=O) groups is 2. The number of halogens is 1. The van der Waals surface area contributed by atoms with E-state index in [4.69, 9.17) is 5.11 Å². The Morgan fingerprint density at radius 2 is 2.06 bits per heavy atom. The molecule has 1 aromatic carbocycles. The molecule has 0 aliphatic carbocycles. The highest BCUT2D eigenvalue weighted by molar-refractivity contribution is 7.87. The summed E-state index contributed by atoms with van der Waals surface area (Å²) in [4.78, 5) is 22.3. The molecule has 0 bridgehead atoms. The summed E-state index contributed by atoms with van der Waals surface area (Å²) in [5.41, 5.74) is 0.553. The summed E-state index contributed by atoms with van der Waals surface area (Å²) in [6.45, 7) is 2.80. The van der Waals surface area contributed by atoms with Crippen LogP contribution in [-0.4, -0.2) is 32.1 Å². The molecule has 1 aromatic rings. The van der Waals surface area contributed by atoms with Crippen molar-refractivity contribution in [1.82, 2.24) is 0 Å². The van der Waals surface area contributed by atoms with E-state index in [9.17, 15) is 18.2 Å². The molecule has 18 heavy (non-hydrogen) atoms. The van der Waals surface area contributed by atoms with Crippen molar-refractivity contribution in [2.75, 3.05) is 5.75 Å². The third-order valence-electron chi connectivity index (χ3n) is 2.50. The second-order valence-electron chi connectivity index (χ2n) is 3.89. The van der Waals surface area contributed by atoms with E-state index in [0.29, 0.717) is 5.56 Å². The lowest BCUT2D eigenvalue weighted by atomic mass is 10.1. The Balaban J connectivity index is 2.80. The van der Waals surface area contributed by atoms with Crippen molar-refractivity contribution in [2.45, 2.75) is 19.1 Å². The predicted octanol–water partition coefficient (Wildman–Crippen LogP) is 1.54. The first-order chi connectivity index (χ1) is 8.32. The first-order valence-corrected chi connectivity index (χ1v) is 6.60. The Hall–Kier alpha value is -1.56. The molecule has 0 saturated carbocycles. The number of carboxylic acids is 1. The monoisotopic (exact) mass is 272 g/mol. The zero-order valence-electron chi connectivity index (χ0n) is 9.97. The van der Waals surface area contributed by atoms with Gasteiger partial charge in [-0.2, -0.15) is 0 Å². The van der Waals surface area contributed by atoms with E-state index in [1.54, 1.807) is 0 Å². The van der Waals surface area contributed by atoms with Crippen molar-refractivity contribution in [2.24, 2.45) is 0 Å². The third kappa shape index (κ3) is 3.46. The van der Waals surface area contributed by atoms with Crippen molar-refractivity contribution in [3.05, 3.63) is 35.1 Å². The zero-order valence-corrected chi connectivity index (χ0v) is 10.8. The van der Waals surface area contributed by atoms with Gasteiger partial charge in [0.25, 0.3) is 0 Å². The van der Waals surface area contributed by atoms with Crippen molar-refractivity contribution in [3.8, 4) is 0 Å². The summed E-state index contributed by atoms with van der Waals surface area (Å²) in [6, 6.07) is 3.82. The number of aryl methyl sites for hydroxylation is 1. The fraction of sp³-hybridized carbons (Fsp3) is 0.333. The lowest BCUT2D eigenvalue weighted by molar-refractivity contribution is -0.136. The minimum atomic E-state index is -1.78. The Morgan fingerprint density at radius 3 is 2.56 bits per heavy atom. The molecule has 0 radical (unpaired) electrons. The topological polar surface area (TPSA) is 71.4 Å². The van der Waals surface area contributed by atoms with Crippen LogP contribution >= 0.6 is 0 Å². The molecule has 0 aromatic heterocycles. The van der Waals surface area contributed by atoms with Crippen LogP contribution in [0.15, 0.2) is 18.2 Å². The number of hydrogen-bond acceptors (Lipinski definition) is 3. The molecule has 98 valence electrons. The van der Waals surface area contributed by atoms with E-state index in [1.165, 1.54) is 26.0 Å². The summed E-state index contributed by atoms with van der Waals surface area (Å²) in [7, 11) is -1.78. The fourth-order valence-corrected chi connectivity index (χ4v) is 2.17. The second-order valence-corrected chi connectivity index (χ2v) is 5.65. The number of hydrogen-bond donors (Lipinski definition) is 1. The van der Waals surface area contributed by atoms with Gasteiger partial charge in [-0.15, -0.1) is 0 Å². The van der Waals surface area contributed by atoms with Gasteiger partial charge in [-0.3, -0.25) is 13.8 Å². The standard InChI is InChI=1S/C12H13FO4S/c1-7-5-9(3-4-10(7)13)11(14)6-18(17)8(2)12(15)16/h3-5,8H,6H2,1-2H3,(H,15,16). The summed E-state index contributed by atoms with van der Waals surface area (Å²) >= 11 is 0. The van der Waals surface area contributed by atoms with Crippen LogP contribution in [0.4, 0.5) is 4.39 Å². The minimum Gasteiger partial charge on any atom is -0.480 e. The van der Waals surface area contributed by atoms with E-state index in [2.05, 4.69) is 0 Å². The molecule has 2 unspecified atom stereocenters. The highest BCUT2D eigenvalue weighted by Crippen LogP contribution is 2.11. The number of benzene rings is 1. The molecule has 0 aliphatic rings. The molecule has 2 atom stereocenters. The van der Waals surface area contributed by atoms with Crippen LogP contribution in [0.3, 0.4) is 0 Å². The lowest BCUT2D eigenvalue weighted by Gasteiger charge is -2.06. The quantitative estimate of drug-likeness (QED) is 0.825. The number of aliphatic carboxylic acids is 1. The number of rotatable bonds is 5. The van der Waals surface area contributed by atoms with Gasteiger partial charge in [-0.25, -0.2) is 4.39 Å². The van der Waals surface area contributed by atoms with E-state index in [0.717, 1.165) is 6.07 Å². The van der Waals surface area contributed by atoms with Gasteiger partial charge in [0, 0.05) is 16.4 Å². The number of carbonyl (C=O) groups excluding carboxylic acids is 1. The van der Waals surface area contributed by atoms with Crippen LogP contribution in [-0.2, 0) is 15.6 Å². The molecular formula is C12H13FO4S. The minimum absolute atomic E-state index is 0.236. The first-order valence-electron chi connectivity index (χ1n) is 5.22. The molecule has 0 aliphatic heterocycles. The average Bonchev–Trinajstić information content (AvgIpc) is 2.31. The van der Waals surface area contributed by atoms with Gasteiger partial charge >= 0.3 is 5.97 Å². The number of Topliss-reactive ketones (excluding diaryl/α,β-unsaturated/α-hetero) is 1. The molecule has 6 heteroatoms. The fourth-order valence-electron chi connectivity index (χ4n) is 1.27. The summed E-state index contributed by atoms with van der Waals surface area (Å²) in [5, 5.41) is 7.56. The maximum absolute atomic E-state index is 13.0. The maximum Gasteiger partial charge on any atom is 0.318 e. The second kappa shape index (κ2) is 5.86. The third-order valence-corrected chi connectivity index (χ3v) is 4.03. The first kappa shape index (κ1) is 14.5. The summed E-state index contributed by atoms with van der Waals surface area (Å²) < 4.78 is 24.6. The van der Waals surface area contributed by atoms with Crippen LogP contribution in [0.2, 0.25) is 0 Å². The summed E-state index contributed by atoms with van der Waals surface area (Å²) in [6.07, 6.45) is 0. The maximum atomic E-state index is 13.0. The smallest absolute Gasteiger partial charge is 0.318 e. The van der Waals surface area contributed by atoms with Crippen LogP contribution in [0, 0.1) is 12.7 Å². The molecule has 4 nitrogen and oxygen atoms in total. The van der Waals surface area contributed by atoms with E-state index >= 15 is 0 Å². The average molecular weight is 272 g/mol. The molecule has 0 spiro atoms. The zero-order chi connectivity index (χ0) is 13.9. The van der Waals surface area contributed by atoms with Gasteiger partial charge in [0.1, 0.15) is 11.1 Å². The molecule has 0 fully saturated rings. The predicted molar refractivity (Wildman–Crippen MR) is 65.6 cm³/mol. The molecule has 1 rings (SSSR count). The molecule has 0 amide bonds. The van der Waals surface area contributed by atoms with E-state index < -0.39 is 33.6 Å². The van der Waals surface area contributed by atoms with Crippen LogP contribution in [0.25, 0.3) is 0 Å². The molecule has 0 saturated heterocycles. The van der Waals surface area contributed by atoms with Gasteiger partial charge in [0.2, 0.25) is 0 Å². The Labute approximate surface area is 106 Å². The van der Waals surface area contributed by atoms with E-state index in [1.807, 2.05) is 0 Å². The Kier molecular flexibility index (Phi) is 4.72. The van der Waals surface area contributed by atoms with Crippen LogP contribution < -0.4 is 0 Å². The largest absolute Gasteiger partial charge is 0.480 e. The van der Waals surface area contributed by atoms with Gasteiger partial charge in [-0.1, -0.05) is 0 Å². The van der Waals surface area contributed by atoms with Crippen molar-refractivity contribution in [3.63, 3.8) is 0 Å². The normalized spacial score (nSPS) is 13.9. The van der Waals surface area contributed by atoms with E-state index in [-0.39, 0.29) is 11.3 Å². The highest BCUT2D eigenvalue weighted by atomic mass is 32.2. The molecular weight excluding hydrogens is 259 g/mol.